The number of nitrogens with zero attached hydrogens (tertiary/aromatic N) is 2. The fourth-order valence-corrected chi connectivity index (χ4v) is 4.71. The quantitative estimate of drug-likeness (QED) is 0.708. The molecule has 0 saturated carbocycles. The molecule has 1 unspecified atom stereocenters. The summed E-state index contributed by atoms with van der Waals surface area (Å²) in [4.78, 5) is 43.0. The minimum absolute atomic E-state index is 0.0463. The Morgan fingerprint density at radius 3 is 2.26 bits per heavy atom. The number of hydrogen-bond acceptors (Lipinski definition) is 4. The van der Waals surface area contributed by atoms with E-state index in [9.17, 15) is 14.4 Å². The Bertz CT molecular complexity index is 1030. The molecule has 2 heterocycles. The van der Waals surface area contributed by atoms with Gasteiger partial charge in [-0.05, 0) is 62.1 Å². The smallest absolute Gasteiger partial charge is 0.253 e. The molecule has 1 atom stereocenters. The van der Waals surface area contributed by atoms with Gasteiger partial charge in [-0.25, -0.2) is 0 Å². The predicted octanol–water partition coefficient (Wildman–Crippen LogP) is 3.16. The standard InChI is InChI=1S/C26H30ClN3O4/c1-18-3-2-4-21(17-18)24(31)28-23(26(33)30-13-15-34-16-14-30)19-9-11-29(12-10-19)25(32)20-5-7-22(27)8-6-20/h2-8,17,19,23H,9-16H2,1H3,(H,28,31). The van der Waals surface area contributed by atoms with Crippen molar-refractivity contribution in [2.45, 2.75) is 25.8 Å². The normalized spacial score (nSPS) is 17.8. The number of likely N-dealkylation sites (tertiary alicyclic amines) is 1. The molecule has 2 aromatic rings. The van der Waals surface area contributed by atoms with E-state index in [0.29, 0.717) is 68.4 Å². The van der Waals surface area contributed by atoms with Gasteiger partial charge in [-0.3, -0.25) is 14.4 Å². The van der Waals surface area contributed by atoms with Crippen LogP contribution < -0.4 is 5.32 Å². The fraction of sp³-hybridized carbons (Fsp3) is 0.423. The van der Waals surface area contributed by atoms with Gasteiger partial charge >= 0.3 is 0 Å². The Balaban J connectivity index is 1.46. The van der Waals surface area contributed by atoms with Gasteiger partial charge < -0.3 is 19.9 Å². The Hall–Kier alpha value is -2.90. The van der Waals surface area contributed by atoms with Crippen molar-refractivity contribution in [1.29, 1.82) is 0 Å². The van der Waals surface area contributed by atoms with Gasteiger partial charge in [0.25, 0.3) is 11.8 Å². The molecule has 2 aromatic carbocycles. The van der Waals surface area contributed by atoms with Crippen LogP contribution in [-0.4, -0.2) is 73.0 Å². The summed E-state index contributed by atoms with van der Waals surface area (Å²) < 4.78 is 5.39. The fourth-order valence-electron chi connectivity index (χ4n) is 4.58. The van der Waals surface area contributed by atoms with Gasteiger partial charge in [-0.2, -0.15) is 0 Å². The highest BCUT2D eigenvalue weighted by Crippen LogP contribution is 2.25. The third-order valence-corrected chi connectivity index (χ3v) is 6.80. The molecule has 0 bridgehead atoms. The van der Waals surface area contributed by atoms with Crippen molar-refractivity contribution in [2.75, 3.05) is 39.4 Å². The van der Waals surface area contributed by atoms with Crippen LogP contribution in [0.3, 0.4) is 0 Å². The van der Waals surface area contributed by atoms with Crippen molar-refractivity contribution < 1.29 is 19.1 Å². The Labute approximate surface area is 205 Å². The van der Waals surface area contributed by atoms with Crippen LogP contribution in [0.2, 0.25) is 5.02 Å². The van der Waals surface area contributed by atoms with Crippen LogP contribution in [0.4, 0.5) is 0 Å². The predicted molar refractivity (Wildman–Crippen MR) is 130 cm³/mol. The lowest BCUT2D eigenvalue weighted by Crippen LogP contribution is -2.56. The first-order valence-corrected chi connectivity index (χ1v) is 12.1. The zero-order valence-corrected chi connectivity index (χ0v) is 20.1. The first-order chi connectivity index (χ1) is 16.4. The van der Waals surface area contributed by atoms with Crippen molar-refractivity contribution in [1.82, 2.24) is 15.1 Å². The largest absolute Gasteiger partial charge is 0.378 e. The van der Waals surface area contributed by atoms with E-state index in [4.69, 9.17) is 16.3 Å². The zero-order valence-electron chi connectivity index (χ0n) is 19.3. The molecule has 0 aliphatic carbocycles. The van der Waals surface area contributed by atoms with E-state index in [1.165, 1.54) is 0 Å². The molecular formula is C26H30ClN3O4. The number of piperidine rings is 1. The number of rotatable bonds is 5. The van der Waals surface area contributed by atoms with Gasteiger partial charge in [-0.1, -0.05) is 29.3 Å². The number of carbonyl (C=O) groups excluding carboxylic acids is 3. The molecule has 2 fully saturated rings. The maximum Gasteiger partial charge on any atom is 0.253 e. The maximum absolute atomic E-state index is 13.5. The van der Waals surface area contributed by atoms with E-state index in [1.807, 2.05) is 25.1 Å². The minimum atomic E-state index is -0.640. The molecule has 0 spiro atoms. The molecule has 2 saturated heterocycles. The highest BCUT2D eigenvalue weighted by Gasteiger charge is 2.36. The number of benzene rings is 2. The van der Waals surface area contributed by atoms with E-state index in [2.05, 4.69) is 5.32 Å². The molecular weight excluding hydrogens is 454 g/mol. The Morgan fingerprint density at radius 1 is 0.941 bits per heavy atom. The van der Waals surface area contributed by atoms with Crippen molar-refractivity contribution in [3.05, 3.63) is 70.2 Å². The molecule has 0 radical (unpaired) electrons. The van der Waals surface area contributed by atoms with Crippen LogP contribution in [0.15, 0.2) is 48.5 Å². The van der Waals surface area contributed by atoms with Gasteiger partial charge in [0.05, 0.1) is 13.2 Å². The molecule has 2 aliphatic heterocycles. The third kappa shape index (κ3) is 5.77. The summed E-state index contributed by atoms with van der Waals surface area (Å²) in [5, 5.41) is 3.61. The van der Waals surface area contributed by atoms with Crippen molar-refractivity contribution in [3.8, 4) is 0 Å². The monoisotopic (exact) mass is 483 g/mol. The van der Waals surface area contributed by atoms with Gasteiger partial charge in [0.1, 0.15) is 6.04 Å². The second kappa shape index (κ2) is 11.0. The van der Waals surface area contributed by atoms with Gasteiger partial charge in [-0.15, -0.1) is 0 Å². The molecule has 3 amide bonds. The van der Waals surface area contributed by atoms with Crippen LogP contribution >= 0.6 is 11.6 Å². The number of aryl methyl sites for hydroxylation is 1. The van der Waals surface area contributed by atoms with Crippen LogP contribution in [0.5, 0.6) is 0 Å². The highest BCUT2D eigenvalue weighted by atomic mass is 35.5. The number of amides is 3. The number of halogens is 1. The molecule has 7 nitrogen and oxygen atoms in total. The lowest BCUT2D eigenvalue weighted by atomic mass is 9.87. The Kier molecular flexibility index (Phi) is 7.85. The van der Waals surface area contributed by atoms with E-state index in [-0.39, 0.29) is 23.6 Å². The number of hydrogen-bond donors (Lipinski definition) is 1. The number of ether oxygens (including phenoxy) is 1. The average Bonchev–Trinajstić information content (AvgIpc) is 2.87. The van der Waals surface area contributed by atoms with Crippen LogP contribution in [0.25, 0.3) is 0 Å². The lowest BCUT2D eigenvalue weighted by molar-refractivity contribution is -0.139. The summed E-state index contributed by atoms with van der Waals surface area (Å²) in [6, 6.07) is 13.6. The minimum Gasteiger partial charge on any atom is -0.378 e. The lowest BCUT2D eigenvalue weighted by Gasteiger charge is -2.38. The first-order valence-electron chi connectivity index (χ1n) is 11.7. The number of carbonyl (C=O) groups is 3. The summed E-state index contributed by atoms with van der Waals surface area (Å²) in [6.07, 6.45) is 1.27. The first kappa shape index (κ1) is 24.2. The molecule has 8 heteroatoms. The highest BCUT2D eigenvalue weighted by molar-refractivity contribution is 6.30. The summed E-state index contributed by atoms with van der Waals surface area (Å²) >= 11 is 5.94. The topological polar surface area (TPSA) is 79.0 Å². The second-order valence-electron chi connectivity index (χ2n) is 8.89. The SMILES string of the molecule is Cc1cccc(C(=O)NC(C(=O)N2CCOCC2)C2CCN(C(=O)c3ccc(Cl)cc3)CC2)c1. The summed E-state index contributed by atoms with van der Waals surface area (Å²) in [5.41, 5.74) is 2.12. The van der Waals surface area contributed by atoms with E-state index in [0.717, 1.165) is 5.56 Å². The van der Waals surface area contributed by atoms with Gasteiger partial charge in [0, 0.05) is 42.3 Å². The molecule has 4 rings (SSSR count). The van der Waals surface area contributed by atoms with Crippen LogP contribution in [0.1, 0.15) is 39.1 Å². The maximum atomic E-state index is 13.5. The summed E-state index contributed by atoms with van der Waals surface area (Å²) in [5.74, 6) is -0.435. The average molecular weight is 484 g/mol. The zero-order chi connectivity index (χ0) is 24.1. The third-order valence-electron chi connectivity index (χ3n) is 6.55. The van der Waals surface area contributed by atoms with Crippen molar-refractivity contribution >= 4 is 29.3 Å². The van der Waals surface area contributed by atoms with E-state index >= 15 is 0 Å². The van der Waals surface area contributed by atoms with Crippen LogP contribution in [0, 0.1) is 12.8 Å². The van der Waals surface area contributed by atoms with Gasteiger partial charge in [0.2, 0.25) is 5.91 Å². The molecule has 2 aliphatic rings. The van der Waals surface area contributed by atoms with Crippen LogP contribution in [-0.2, 0) is 9.53 Å². The molecule has 0 aromatic heterocycles. The molecule has 1 N–H and O–H groups in total. The number of nitrogens with one attached hydrogen (secondary N) is 1. The van der Waals surface area contributed by atoms with Crippen molar-refractivity contribution in [2.24, 2.45) is 5.92 Å². The molecule has 180 valence electrons. The van der Waals surface area contributed by atoms with Gasteiger partial charge in [0.15, 0.2) is 0 Å². The summed E-state index contributed by atoms with van der Waals surface area (Å²) in [6.45, 7) is 5.02. The van der Waals surface area contributed by atoms with E-state index < -0.39 is 6.04 Å². The van der Waals surface area contributed by atoms with E-state index in [1.54, 1.807) is 40.1 Å². The Morgan fingerprint density at radius 2 is 1.62 bits per heavy atom. The van der Waals surface area contributed by atoms with Crippen molar-refractivity contribution in [3.63, 3.8) is 0 Å². The molecule has 34 heavy (non-hydrogen) atoms. The number of morpholine rings is 1. The second-order valence-corrected chi connectivity index (χ2v) is 9.33. The summed E-state index contributed by atoms with van der Waals surface area (Å²) in [7, 11) is 0.